The monoisotopic (exact) mass is 196 g/mol. The van der Waals surface area contributed by atoms with Crippen molar-refractivity contribution in [3.8, 4) is 0 Å². The molecular weight excluding hydrogens is 180 g/mol. The van der Waals surface area contributed by atoms with Crippen molar-refractivity contribution >= 4 is 11.8 Å². The first kappa shape index (κ1) is 10.5. The van der Waals surface area contributed by atoms with Gasteiger partial charge in [0.15, 0.2) is 0 Å². The predicted molar refractivity (Wildman–Crippen MR) is 58.1 cm³/mol. The standard InChI is InChI=1S/C10H16N2S/c1-2-6-11-8-9-13-10-5-3-4-7-12-10/h3-5,7,11H,2,6,8-9H2,1H3. The predicted octanol–water partition coefficient (Wildman–Crippen LogP) is 2.17. The van der Waals surface area contributed by atoms with Crippen molar-refractivity contribution in [1.29, 1.82) is 0 Å². The molecule has 0 aliphatic carbocycles. The van der Waals surface area contributed by atoms with Crippen LogP contribution < -0.4 is 5.32 Å². The third-order valence-electron chi connectivity index (χ3n) is 1.59. The van der Waals surface area contributed by atoms with Crippen molar-refractivity contribution < 1.29 is 0 Å². The Balaban J connectivity index is 2.07. The van der Waals surface area contributed by atoms with Crippen LogP contribution >= 0.6 is 11.8 Å². The summed E-state index contributed by atoms with van der Waals surface area (Å²) in [4.78, 5) is 4.23. The molecule has 0 spiro atoms. The van der Waals surface area contributed by atoms with Crippen LogP contribution in [0.15, 0.2) is 29.4 Å². The lowest BCUT2D eigenvalue weighted by atomic mass is 10.5. The summed E-state index contributed by atoms with van der Waals surface area (Å²) in [5.74, 6) is 1.09. The van der Waals surface area contributed by atoms with Crippen molar-refractivity contribution in [2.45, 2.75) is 18.4 Å². The molecule has 1 aromatic heterocycles. The summed E-state index contributed by atoms with van der Waals surface area (Å²) in [5, 5.41) is 4.47. The van der Waals surface area contributed by atoms with Crippen molar-refractivity contribution in [3.05, 3.63) is 24.4 Å². The molecule has 0 aromatic carbocycles. The zero-order valence-corrected chi connectivity index (χ0v) is 8.81. The van der Waals surface area contributed by atoms with Gasteiger partial charge >= 0.3 is 0 Å². The lowest BCUT2D eigenvalue weighted by Gasteiger charge is -2.01. The first-order chi connectivity index (χ1) is 6.43. The van der Waals surface area contributed by atoms with Gasteiger partial charge in [0.2, 0.25) is 0 Å². The van der Waals surface area contributed by atoms with Crippen LogP contribution in [0.4, 0.5) is 0 Å². The average molecular weight is 196 g/mol. The molecule has 0 atom stereocenters. The van der Waals surface area contributed by atoms with Gasteiger partial charge in [-0.05, 0) is 25.1 Å². The molecule has 0 aliphatic heterocycles. The molecule has 3 heteroatoms. The third-order valence-corrected chi connectivity index (χ3v) is 2.54. The third kappa shape index (κ3) is 4.90. The summed E-state index contributed by atoms with van der Waals surface area (Å²) in [7, 11) is 0. The van der Waals surface area contributed by atoms with Gasteiger partial charge in [-0.1, -0.05) is 13.0 Å². The molecule has 1 aromatic rings. The number of pyridine rings is 1. The molecule has 72 valence electrons. The maximum Gasteiger partial charge on any atom is 0.0960 e. The van der Waals surface area contributed by atoms with E-state index in [0.29, 0.717) is 0 Å². The quantitative estimate of drug-likeness (QED) is 0.557. The number of thioether (sulfide) groups is 1. The minimum Gasteiger partial charge on any atom is -0.316 e. The summed E-state index contributed by atoms with van der Waals surface area (Å²) in [6, 6.07) is 6.01. The largest absolute Gasteiger partial charge is 0.316 e. The highest BCUT2D eigenvalue weighted by Gasteiger charge is 1.92. The number of hydrogen-bond acceptors (Lipinski definition) is 3. The summed E-state index contributed by atoms with van der Waals surface area (Å²) in [6.45, 7) is 4.36. The summed E-state index contributed by atoms with van der Waals surface area (Å²) >= 11 is 1.80. The molecule has 0 fully saturated rings. The fraction of sp³-hybridized carbons (Fsp3) is 0.500. The van der Waals surface area contributed by atoms with E-state index in [9.17, 15) is 0 Å². The lowest BCUT2D eigenvalue weighted by Crippen LogP contribution is -2.17. The molecule has 0 amide bonds. The van der Waals surface area contributed by atoms with Crippen LogP contribution in [0, 0.1) is 0 Å². The van der Waals surface area contributed by atoms with Gasteiger partial charge in [0.05, 0.1) is 5.03 Å². The number of aromatic nitrogens is 1. The highest BCUT2D eigenvalue weighted by atomic mass is 32.2. The molecule has 0 unspecified atom stereocenters. The van der Waals surface area contributed by atoms with E-state index in [1.807, 2.05) is 24.4 Å². The molecule has 13 heavy (non-hydrogen) atoms. The summed E-state index contributed by atoms with van der Waals surface area (Å²) < 4.78 is 0. The Kier molecular flexibility index (Phi) is 5.61. The zero-order valence-electron chi connectivity index (χ0n) is 7.99. The molecular formula is C10H16N2S. The van der Waals surface area contributed by atoms with E-state index < -0.39 is 0 Å². The molecule has 1 heterocycles. The van der Waals surface area contributed by atoms with E-state index in [4.69, 9.17) is 0 Å². The van der Waals surface area contributed by atoms with Crippen LogP contribution in [0.25, 0.3) is 0 Å². The van der Waals surface area contributed by atoms with Gasteiger partial charge in [0.1, 0.15) is 0 Å². The maximum atomic E-state index is 4.23. The van der Waals surface area contributed by atoms with E-state index in [1.54, 1.807) is 11.8 Å². The SMILES string of the molecule is CCCNCCSc1ccccn1. The van der Waals surface area contributed by atoms with Gasteiger partial charge in [-0.15, -0.1) is 11.8 Å². The smallest absolute Gasteiger partial charge is 0.0960 e. The Morgan fingerprint density at radius 3 is 3.00 bits per heavy atom. The first-order valence-corrected chi connectivity index (χ1v) is 5.66. The Hall–Kier alpha value is -0.540. The average Bonchev–Trinajstić information content (AvgIpc) is 2.19. The van der Waals surface area contributed by atoms with E-state index in [-0.39, 0.29) is 0 Å². The second-order valence-electron chi connectivity index (χ2n) is 2.77. The number of rotatable bonds is 6. The van der Waals surface area contributed by atoms with Gasteiger partial charge in [0.25, 0.3) is 0 Å². The van der Waals surface area contributed by atoms with E-state index >= 15 is 0 Å². The van der Waals surface area contributed by atoms with E-state index in [1.165, 1.54) is 6.42 Å². The van der Waals surface area contributed by atoms with Gasteiger partial charge in [-0.3, -0.25) is 0 Å². The Labute approximate surface area is 84.1 Å². The topological polar surface area (TPSA) is 24.9 Å². The number of nitrogens with one attached hydrogen (secondary N) is 1. The fourth-order valence-electron chi connectivity index (χ4n) is 0.962. The molecule has 0 aliphatic rings. The molecule has 0 saturated carbocycles. The number of hydrogen-bond donors (Lipinski definition) is 1. The van der Waals surface area contributed by atoms with Crippen LogP contribution in [0.5, 0.6) is 0 Å². The van der Waals surface area contributed by atoms with Crippen LogP contribution in [0.1, 0.15) is 13.3 Å². The summed E-state index contributed by atoms with van der Waals surface area (Å²) in [5.41, 5.74) is 0. The van der Waals surface area contributed by atoms with Crippen LogP contribution in [-0.2, 0) is 0 Å². The van der Waals surface area contributed by atoms with E-state index in [2.05, 4.69) is 17.2 Å². The lowest BCUT2D eigenvalue weighted by molar-refractivity contribution is 0.707. The first-order valence-electron chi connectivity index (χ1n) is 4.68. The minimum absolute atomic E-state index is 1.06. The minimum atomic E-state index is 1.06. The zero-order chi connectivity index (χ0) is 9.36. The van der Waals surface area contributed by atoms with Crippen molar-refractivity contribution in [1.82, 2.24) is 10.3 Å². The Morgan fingerprint density at radius 1 is 1.38 bits per heavy atom. The second kappa shape index (κ2) is 6.92. The molecule has 0 radical (unpaired) electrons. The molecule has 0 bridgehead atoms. The van der Waals surface area contributed by atoms with Gasteiger partial charge in [-0.25, -0.2) is 4.98 Å². The van der Waals surface area contributed by atoms with Crippen molar-refractivity contribution in [2.75, 3.05) is 18.8 Å². The Bertz CT molecular complexity index is 213. The van der Waals surface area contributed by atoms with Crippen LogP contribution in [0.2, 0.25) is 0 Å². The fourth-order valence-corrected chi connectivity index (χ4v) is 1.73. The maximum absolute atomic E-state index is 4.23. The molecule has 1 rings (SSSR count). The van der Waals surface area contributed by atoms with Crippen LogP contribution in [-0.4, -0.2) is 23.8 Å². The normalized spacial score (nSPS) is 10.2. The molecule has 1 N–H and O–H groups in total. The van der Waals surface area contributed by atoms with E-state index in [0.717, 1.165) is 23.9 Å². The van der Waals surface area contributed by atoms with Crippen molar-refractivity contribution in [3.63, 3.8) is 0 Å². The summed E-state index contributed by atoms with van der Waals surface area (Å²) in [6.07, 6.45) is 3.04. The molecule has 0 saturated heterocycles. The van der Waals surface area contributed by atoms with Gasteiger partial charge < -0.3 is 5.32 Å². The highest BCUT2D eigenvalue weighted by Crippen LogP contribution is 2.12. The highest BCUT2D eigenvalue weighted by molar-refractivity contribution is 7.99. The van der Waals surface area contributed by atoms with Gasteiger partial charge in [0, 0.05) is 18.5 Å². The number of nitrogens with zero attached hydrogens (tertiary/aromatic N) is 1. The van der Waals surface area contributed by atoms with Crippen molar-refractivity contribution in [2.24, 2.45) is 0 Å². The Morgan fingerprint density at radius 2 is 2.31 bits per heavy atom. The second-order valence-corrected chi connectivity index (χ2v) is 3.88. The van der Waals surface area contributed by atoms with Crippen LogP contribution in [0.3, 0.4) is 0 Å². The molecule has 2 nitrogen and oxygen atoms in total. The van der Waals surface area contributed by atoms with Gasteiger partial charge in [-0.2, -0.15) is 0 Å².